The maximum absolute atomic E-state index is 12.2. The highest BCUT2D eigenvalue weighted by atomic mass is 16.2. The van der Waals surface area contributed by atoms with Crippen LogP contribution in [0.4, 0.5) is 0 Å². The van der Waals surface area contributed by atoms with Gasteiger partial charge in [-0.25, -0.2) is 0 Å². The monoisotopic (exact) mass is 290 g/mol. The van der Waals surface area contributed by atoms with Gasteiger partial charge in [-0.05, 0) is 31.2 Å². The second-order valence-electron chi connectivity index (χ2n) is 5.77. The summed E-state index contributed by atoms with van der Waals surface area (Å²) in [6.07, 6.45) is 7.05. The molecule has 0 spiro atoms. The summed E-state index contributed by atoms with van der Waals surface area (Å²) in [5.74, 6) is 0.000448. The highest BCUT2D eigenvalue weighted by Gasteiger charge is 2.17. The van der Waals surface area contributed by atoms with E-state index in [2.05, 4.69) is 31.3 Å². The van der Waals surface area contributed by atoms with Crippen LogP contribution in [0.3, 0.4) is 0 Å². The maximum Gasteiger partial charge on any atom is 0.237 e. The van der Waals surface area contributed by atoms with Crippen molar-refractivity contribution in [1.29, 1.82) is 0 Å². The summed E-state index contributed by atoms with van der Waals surface area (Å²) < 4.78 is 0. The van der Waals surface area contributed by atoms with Gasteiger partial charge in [0.1, 0.15) is 0 Å². The Morgan fingerprint density at radius 3 is 2.43 bits per heavy atom. The number of hydrogen-bond donors (Lipinski definition) is 2. The average Bonchev–Trinajstić information content (AvgIpc) is 2.51. The van der Waals surface area contributed by atoms with Gasteiger partial charge in [-0.2, -0.15) is 0 Å². The van der Waals surface area contributed by atoms with E-state index in [1.807, 2.05) is 18.2 Å². The molecule has 0 saturated heterocycles. The molecule has 3 heteroatoms. The zero-order valence-corrected chi connectivity index (χ0v) is 13.5. The van der Waals surface area contributed by atoms with Crippen LogP contribution >= 0.6 is 0 Å². The van der Waals surface area contributed by atoms with Gasteiger partial charge in [-0.1, -0.05) is 63.4 Å². The van der Waals surface area contributed by atoms with Crippen molar-refractivity contribution in [3.63, 3.8) is 0 Å². The van der Waals surface area contributed by atoms with E-state index in [9.17, 15) is 4.79 Å². The first-order valence-corrected chi connectivity index (χ1v) is 8.27. The number of carbonyl (C=O) groups is 1. The van der Waals surface area contributed by atoms with Gasteiger partial charge in [-0.3, -0.25) is 4.79 Å². The number of amides is 1. The third-order valence-electron chi connectivity index (χ3n) is 3.81. The Hall–Kier alpha value is -1.35. The van der Waals surface area contributed by atoms with Gasteiger partial charge in [-0.15, -0.1) is 0 Å². The minimum Gasteiger partial charge on any atom is -0.352 e. The maximum atomic E-state index is 12.2. The van der Waals surface area contributed by atoms with Crippen molar-refractivity contribution in [2.75, 3.05) is 0 Å². The molecule has 1 aromatic rings. The van der Waals surface area contributed by atoms with Crippen LogP contribution in [0.1, 0.15) is 57.9 Å². The van der Waals surface area contributed by atoms with Gasteiger partial charge in [0.15, 0.2) is 0 Å². The molecule has 3 nitrogen and oxygen atoms in total. The Bertz CT molecular complexity index is 391. The summed E-state index contributed by atoms with van der Waals surface area (Å²) in [7, 11) is 0. The molecule has 2 unspecified atom stereocenters. The zero-order valence-electron chi connectivity index (χ0n) is 13.5. The lowest BCUT2D eigenvalue weighted by Gasteiger charge is -2.20. The number of aryl methyl sites for hydroxylation is 1. The Balaban J connectivity index is 2.37. The largest absolute Gasteiger partial charge is 0.352 e. The fraction of sp³-hybridized carbons (Fsp3) is 0.611. The minimum atomic E-state index is -0.411. The number of carbonyl (C=O) groups excluding carboxylic acids is 1. The van der Waals surface area contributed by atoms with Crippen LogP contribution < -0.4 is 11.1 Å². The van der Waals surface area contributed by atoms with E-state index in [0.29, 0.717) is 6.42 Å². The summed E-state index contributed by atoms with van der Waals surface area (Å²) in [5.41, 5.74) is 7.26. The lowest BCUT2D eigenvalue weighted by Crippen LogP contribution is -2.45. The minimum absolute atomic E-state index is 0.000448. The normalized spacial score (nSPS) is 13.7. The first-order valence-electron chi connectivity index (χ1n) is 8.27. The lowest BCUT2D eigenvalue weighted by atomic mass is 10.0. The highest BCUT2D eigenvalue weighted by molar-refractivity contribution is 5.81. The number of benzene rings is 1. The molecule has 0 bridgehead atoms. The predicted octanol–water partition coefficient (Wildman–Crippen LogP) is 3.42. The zero-order chi connectivity index (χ0) is 15.5. The van der Waals surface area contributed by atoms with Crippen LogP contribution in [0.15, 0.2) is 30.3 Å². The Labute approximate surface area is 129 Å². The molecule has 1 rings (SSSR count). The molecule has 1 aromatic carbocycles. The molecular weight excluding hydrogens is 260 g/mol. The molecule has 0 fully saturated rings. The number of hydrogen-bond acceptors (Lipinski definition) is 2. The molecule has 21 heavy (non-hydrogen) atoms. The van der Waals surface area contributed by atoms with E-state index < -0.39 is 6.04 Å². The molecule has 118 valence electrons. The van der Waals surface area contributed by atoms with Crippen LogP contribution in [0.5, 0.6) is 0 Å². The molecule has 2 atom stereocenters. The van der Waals surface area contributed by atoms with Crippen molar-refractivity contribution in [3.05, 3.63) is 35.9 Å². The smallest absolute Gasteiger partial charge is 0.237 e. The van der Waals surface area contributed by atoms with Gasteiger partial charge < -0.3 is 11.1 Å². The third-order valence-corrected chi connectivity index (χ3v) is 3.81. The van der Waals surface area contributed by atoms with Crippen LogP contribution in [-0.2, 0) is 11.2 Å². The molecule has 0 saturated carbocycles. The standard InChI is InChI=1S/C18H30N2O/c1-3-5-12-16(9-4-2)20-18(21)17(19)14-13-15-10-7-6-8-11-15/h6-8,10-11,16-17H,3-5,9,12-14,19H2,1-2H3,(H,20,21). The van der Waals surface area contributed by atoms with E-state index in [4.69, 9.17) is 5.73 Å². The number of nitrogens with one attached hydrogen (secondary N) is 1. The SMILES string of the molecule is CCCCC(CCC)NC(=O)C(N)CCc1ccccc1. The van der Waals surface area contributed by atoms with E-state index in [1.54, 1.807) is 0 Å². The van der Waals surface area contributed by atoms with Crippen molar-refractivity contribution in [3.8, 4) is 0 Å². The van der Waals surface area contributed by atoms with E-state index in [0.717, 1.165) is 38.5 Å². The number of rotatable bonds is 10. The quantitative estimate of drug-likeness (QED) is 0.693. The molecule has 0 aliphatic carbocycles. The summed E-state index contributed by atoms with van der Waals surface area (Å²) in [5, 5.41) is 3.12. The van der Waals surface area contributed by atoms with Crippen LogP contribution in [0.25, 0.3) is 0 Å². The second-order valence-corrected chi connectivity index (χ2v) is 5.77. The van der Waals surface area contributed by atoms with Crippen molar-refractivity contribution >= 4 is 5.91 Å². The molecule has 0 aromatic heterocycles. The van der Waals surface area contributed by atoms with Gasteiger partial charge >= 0.3 is 0 Å². The lowest BCUT2D eigenvalue weighted by molar-refractivity contribution is -0.123. The summed E-state index contributed by atoms with van der Waals surface area (Å²) in [6.45, 7) is 4.33. The first-order chi connectivity index (χ1) is 10.2. The molecule has 0 aliphatic heterocycles. The molecule has 0 radical (unpaired) electrons. The number of nitrogens with two attached hydrogens (primary N) is 1. The Kier molecular flexibility index (Phi) is 8.76. The molecule has 1 amide bonds. The summed E-state index contributed by atoms with van der Waals surface area (Å²) in [4.78, 5) is 12.2. The van der Waals surface area contributed by atoms with Crippen LogP contribution in [-0.4, -0.2) is 18.0 Å². The van der Waals surface area contributed by atoms with E-state index >= 15 is 0 Å². The third kappa shape index (κ3) is 7.28. The van der Waals surface area contributed by atoms with Gasteiger partial charge in [0.05, 0.1) is 6.04 Å². The molecule has 0 heterocycles. The van der Waals surface area contributed by atoms with E-state index in [1.165, 1.54) is 5.56 Å². The summed E-state index contributed by atoms with van der Waals surface area (Å²) in [6, 6.07) is 10.1. The van der Waals surface area contributed by atoms with Crippen molar-refractivity contribution in [2.24, 2.45) is 5.73 Å². The highest BCUT2D eigenvalue weighted by Crippen LogP contribution is 2.08. The topological polar surface area (TPSA) is 55.1 Å². The van der Waals surface area contributed by atoms with Crippen LogP contribution in [0.2, 0.25) is 0 Å². The van der Waals surface area contributed by atoms with Crippen molar-refractivity contribution in [2.45, 2.75) is 70.9 Å². The van der Waals surface area contributed by atoms with E-state index in [-0.39, 0.29) is 11.9 Å². The van der Waals surface area contributed by atoms with Crippen LogP contribution in [0, 0.1) is 0 Å². The Morgan fingerprint density at radius 2 is 1.81 bits per heavy atom. The van der Waals surface area contributed by atoms with Crippen molar-refractivity contribution < 1.29 is 4.79 Å². The first kappa shape index (κ1) is 17.7. The van der Waals surface area contributed by atoms with Crippen molar-refractivity contribution in [1.82, 2.24) is 5.32 Å². The predicted molar refractivity (Wildman–Crippen MR) is 89.1 cm³/mol. The molecule has 0 aliphatic rings. The molecular formula is C18H30N2O. The van der Waals surface area contributed by atoms with Gasteiger partial charge in [0, 0.05) is 6.04 Å². The van der Waals surface area contributed by atoms with Gasteiger partial charge in [0.2, 0.25) is 5.91 Å². The fourth-order valence-corrected chi connectivity index (χ4v) is 2.49. The Morgan fingerprint density at radius 1 is 1.10 bits per heavy atom. The average molecular weight is 290 g/mol. The molecule has 3 N–H and O–H groups in total. The summed E-state index contributed by atoms with van der Waals surface area (Å²) >= 11 is 0. The second kappa shape index (κ2) is 10.4. The number of unbranched alkanes of at least 4 members (excludes halogenated alkanes) is 1. The fourth-order valence-electron chi connectivity index (χ4n) is 2.49. The van der Waals surface area contributed by atoms with Gasteiger partial charge in [0.25, 0.3) is 0 Å².